The molecule has 1 aromatic rings. The first-order valence-electron chi connectivity index (χ1n) is 3.94. The van der Waals surface area contributed by atoms with E-state index in [1.807, 2.05) is 6.07 Å². The lowest BCUT2D eigenvalue weighted by Crippen LogP contribution is -2.04. The average molecular weight is 209 g/mol. The summed E-state index contributed by atoms with van der Waals surface area (Å²) >= 11 is 5.74. The number of aromatic nitrogens is 1. The molecule has 5 heteroatoms. The highest BCUT2D eigenvalue weighted by atomic mass is 35.5. The Kier molecular flexibility index (Phi) is 3.05. The van der Waals surface area contributed by atoms with Gasteiger partial charge in [-0.05, 0) is 13.0 Å². The van der Waals surface area contributed by atoms with Crippen LogP contribution in [0.1, 0.15) is 18.1 Å². The molecule has 0 bridgehead atoms. The summed E-state index contributed by atoms with van der Waals surface area (Å²) in [6, 6.07) is 3.48. The number of pyridine rings is 1. The highest BCUT2D eigenvalue weighted by Gasteiger charge is 2.10. The Bertz CT molecular complexity index is 420. The predicted octanol–water partition coefficient (Wildman–Crippen LogP) is 2.04. The SMILES string of the molecule is CNc1nc(Cl)c(C#N)cc1C(C)=N. The molecule has 1 heterocycles. The van der Waals surface area contributed by atoms with Gasteiger partial charge >= 0.3 is 0 Å². The molecule has 4 nitrogen and oxygen atoms in total. The Morgan fingerprint density at radius 3 is 2.79 bits per heavy atom. The standard InChI is InChI=1S/C9H9ClN4/c1-5(12)7-3-6(4-11)8(10)14-9(7)13-2/h3,12H,1-2H3,(H,13,14). The first kappa shape index (κ1) is 10.5. The zero-order valence-electron chi connectivity index (χ0n) is 7.85. The fourth-order valence-electron chi connectivity index (χ4n) is 1.05. The summed E-state index contributed by atoms with van der Waals surface area (Å²) < 4.78 is 0. The molecule has 0 aliphatic rings. The lowest BCUT2D eigenvalue weighted by molar-refractivity contribution is 1.25. The van der Waals surface area contributed by atoms with E-state index in [1.165, 1.54) is 0 Å². The fourth-order valence-corrected chi connectivity index (χ4v) is 1.23. The molecule has 0 amide bonds. The number of hydrogen-bond donors (Lipinski definition) is 2. The molecule has 72 valence electrons. The molecule has 0 aromatic carbocycles. The van der Waals surface area contributed by atoms with Crippen LogP contribution in [-0.2, 0) is 0 Å². The van der Waals surface area contributed by atoms with Crippen LogP contribution in [-0.4, -0.2) is 17.7 Å². The van der Waals surface area contributed by atoms with Crippen LogP contribution in [0.15, 0.2) is 6.07 Å². The molecule has 2 N–H and O–H groups in total. The Labute approximate surface area is 87.0 Å². The molecule has 0 radical (unpaired) electrons. The lowest BCUT2D eigenvalue weighted by Gasteiger charge is -2.07. The third-order valence-corrected chi connectivity index (χ3v) is 2.03. The van der Waals surface area contributed by atoms with Crippen LogP contribution >= 0.6 is 11.6 Å². The van der Waals surface area contributed by atoms with E-state index in [-0.39, 0.29) is 10.7 Å². The minimum atomic E-state index is 0.154. The summed E-state index contributed by atoms with van der Waals surface area (Å²) in [6.07, 6.45) is 0. The number of rotatable bonds is 2. The zero-order chi connectivity index (χ0) is 10.7. The zero-order valence-corrected chi connectivity index (χ0v) is 8.61. The molecule has 0 unspecified atom stereocenters. The van der Waals surface area contributed by atoms with E-state index in [0.717, 1.165) is 0 Å². The molecule has 1 rings (SSSR count). The van der Waals surface area contributed by atoms with Crippen LogP contribution in [0.25, 0.3) is 0 Å². The van der Waals surface area contributed by atoms with Gasteiger partial charge in [0.1, 0.15) is 17.0 Å². The Balaban J connectivity index is 3.42. The molecular formula is C9H9ClN4. The van der Waals surface area contributed by atoms with E-state index in [1.54, 1.807) is 20.0 Å². The first-order chi connectivity index (χ1) is 6.60. The van der Waals surface area contributed by atoms with Gasteiger partial charge in [-0.3, -0.25) is 0 Å². The normalized spacial score (nSPS) is 9.29. The van der Waals surface area contributed by atoms with Gasteiger partial charge in [0, 0.05) is 18.3 Å². The number of nitriles is 1. The highest BCUT2D eigenvalue weighted by molar-refractivity contribution is 6.30. The molecule has 0 aliphatic carbocycles. The van der Waals surface area contributed by atoms with E-state index in [2.05, 4.69) is 10.3 Å². The van der Waals surface area contributed by atoms with Crippen molar-refractivity contribution in [3.8, 4) is 6.07 Å². The molecule has 1 aromatic heterocycles. The molecule has 0 aliphatic heterocycles. The maximum Gasteiger partial charge on any atom is 0.149 e. The van der Waals surface area contributed by atoms with Crippen molar-refractivity contribution in [1.29, 1.82) is 10.7 Å². The minimum absolute atomic E-state index is 0.154. The minimum Gasteiger partial charge on any atom is -0.373 e. The van der Waals surface area contributed by atoms with Crippen molar-refractivity contribution in [2.24, 2.45) is 0 Å². The topological polar surface area (TPSA) is 72.6 Å². The maximum absolute atomic E-state index is 8.72. The monoisotopic (exact) mass is 208 g/mol. The van der Waals surface area contributed by atoms with Crippen LogP contribution in [0, 0.1) is 16.7 Å². The number of hydrogen-bond acceptors (Lipinski definition) is 4. The molecule has 0 atom stereocenters. The van der Waals surface area contributed by atoms with Crippen LogP contribution in [0.2, 0.25) is 5.15 Å². The Morgan fingerprint density at radius 2 is 2.36 bits per heavy atom. The van der Waals surface area contributed by atoms with E-state index >= 15 is 0 Å². The summed E-state index contributed by atoms with van der Waals surface area (Å²) in [5, 5.41) is 19.2. The van der Waals surface area contributed by atoms with E-state index < -0.39 is 0 Å². The number of halogens is 1. The first-order valence-corrected chi connectivity index (χ1v) is 4.32. The van der Waals surface area contributed by atoms with E-state index in [9.17, 15) is 0 Å². The predicted molar refractivity (Wildman–Crippen MR) is 56.0 cm³/mol. The third kappa shape index (κ3) is 1.83. The summed E-state index contributed by atoms with van der Waals surface area (Å²) in [5.74, 6) is 0.515. The average Bonchev–Trinajstić information content (AvgIpc) is 2.16. The van der Waals surface area contributed by atoms with Crippen LogP contribution in [0.5, 0.6) is 0 Å². The van der Waals surface area contributed by atoms with Gasteiger partial charge in [-0.15, -0.1) is 0 Å². The Hall–Kier alpha value is -1.60. The van der Waals surface area contributed by atoms with Gasteiger partial charge < -0.3 is 10.7 Å². The van der Waals surface area contributed by atoms with Crippen molar-refractivity contribution in [3.63, 3.8) is 0 Å². The Morgan fingerprint density at radius 1 is 1.71 bits per heavy atom. The number of anilines is 1. The van der Waals surface area contributed by atoms with E-state index in [0.29, 0.717) is 17.1 Å². The van der Waals surface area contributed by atoms with Gasteiger partial charge in [-0.25, -0.2) is 4.98 Å². The second-order valence-electron chi connectivity index (χ2n) is 2.71. The van der Waals surface area contributed by atoms with Gasteiger partial charge in [0.2, 0.25) is 0 Å². The van der Waals surface area contributed by atoms with Gasteiger partial charge in [0.25, 0.3) is 0 Å². The molecule has 0 spiro atoms. The van der Waals surface area contributed by atoms with Crippen molar-refractivity contribution in [2.75, 3.05) is 12.4 Å². The fraction of sp³-hybridized carbons (Fsp3) is 0.222. The summed E-state index contributed by atoms with van der Waals surface area (Å²) in [6.45, 7) is 1.63. The molecular weight excluding hydrogens is 200 g/mol. The van der Waals surface area contributed by atoms with Gasteiger partial charge in [-0.1, -0.05) is 11.6 Å². The molecule has 0 saturated heterocycles. The van der Waals surface area contributed by atoms with Crippen molar-refractivity contribution >= 4 is 23.1 Å². The second-order valence-corrected chi connectivity index (χ2v) is 3.07. The van der Waals surface area contributed by atoms with Crippen molar-refractivity contribution in [1.82, 2.24) is 4.98 Å². The molecule has 14 heavy (non-hydrogen) atoms. The van der Waals surface area contributed by atoms with Crippen molar-refractivity contribution < 1.29 is 0 Å². The number of nitrogens with zero attached hydrogens (tertiary/aromatic N) is 2. The summed E-state index contributed by atoms with van der Waals surface area (Å²) in [7, 11) is 1.69. The highest BCUT2D eigenvalue weighted by Crippen LogP contribution is 2.20. The lowest BCUT2D eigenvalue weighted by atomic mass is 10.1. The van der Waals surface area contributed by atoms with Crippen LogP contribution in [0.3, 0.4) is 0 Å². The summed E-state index contributed by atoms with van der Waals surface area (Å²) in [4.78, 5) is 3.97. The quantitative estimate of drug-likeness (QED) is 0.577. The molecule has 0 fully saturated rings. The van der Waals surface area contributed by atoms with Crippen LogP contribution in [0.4, 0.5) is 5.82 Å². The maximum atomic E-state index is 8.72. The van der Waals surface area contributed by atoms with E-state index in [4.69, 9.17) is 22.3 Å². The number of nitrogens with one attached hydrogen (secondary N) is 2. The smallest absolute Gasteiger partial charge is 0.149 e. The van der Waals surface area contributed by atoms with Gasteiger partial charge in [-0.2, -0.15) is 5.26 Å². The molecule has 0 saturated carbocycles. The second kappa shape index (κ2) is 4.07. The van der Waals surface area contributed by atoms with Crippen LogP contribution < -0.4 is 5.32 Å². The van der Waals surface area contributed by atoms with Crippen molar-refractivity contribution in [2.45, 2.75) is 6.92 Å². The third-order valence-electron chi connectivity index (χ3n) is 1.74. The summed E-state index contributed by atoms with van der Waals surface area (Å²) in [5.41, 5.74) is 1.22. The van der Waals surface area contributed by atoms with Gasteiger partial charge in [0.05, 0.1) is 5.56 Å². The van der Waals surface area contributed by atoms with Crippen molar-refractivity contribution in [3.05, 3.63) is 22.3 Å². The largest absolute Gasteiger partial charge is 0.373 e. The van der Waals surface area contributed by atoms with Gasteiger partial charge in [0.15, 0.2) is 0 Å².